The first-order valence-electron chi connectivity index (χ1n) is 20.2. The number of pyridine rings is 2. The lowest BCUT2D eigenvalue weighted by Crippen LogP contribution is -2.67. The van der Waals surface area contributed by atoms with E-state index in [4.69, 9.17) is 14.2 Å². The smallest absolute Gasteiger partial charge is 0.337 e. The molecule has 6 aromatic rings. The third kappa shape index (κ3) is 6.74. The first-order chi connectivity index (χ1) is 29.1. The van der Waals surface area contributed by atoms with Crippen molar-refractivity contribution in [1.29, 1.82) is 0 Å². The van der Waals surface area contributed by atoms with E-state index in [9.17, 15) is 14.4 Å². The maximum absolute atomic E-state index is 12.6. The molecule has 10 rings (SSSR count). The first-order valence-corrected chi connectivity index (χ1v) is 20.2. The third-order valence-corrected chi connectivity index (χ3v) is 13.4. The summed E-state index contributed by atoms with van der Waals surface area (Å²) in [6.07, 6.45) is 8.97. The highest BCUT2D eigenvalue weighted by Gasteiger charge is 2.69. The van der Waals surface area contributed by atoms with Crippen molar-refractivity contribution in [3.63, 3.8) is 0 Å². The number of benzene rings is 4. The normalized spacial score (nSPS) is 23.5. The molecule has 0 saturated heterocycles. The van der Waals surface area contributed by atoms with Crippen molar-refractivity contribution in [2.45, 2.75) is 60.2 Å². The molecule has 0 N–H and O–H groups in total. The summed E-state index contributed by atoms with van der Waals surface area (Å²) in [5.74, 6) is 5.63. The van der Waals surface area contributed by atoms with Crippen LogP contribution in [0.3, 0.4) is 0 Å². The number of carbonyl (C=O) groups is 3. The van der Waals surface area contributed by atoms with Crippen LogP contribution in [0.15, 0.2) is 140 Å². The Bertz CT molecular complexity index is 2470. The molecule has 4 aliphatic rings. The molecule has 0 radical (unpaired) electrons. The number of rotatable bonds is 8. The van der Waals surface area contributed by atoms with Crippen molar-refractivity contribution in [3.8, 4) is 23.2 Å². The Labute approximate surface area is 350 Å². The molecule has 0 atom stereocenters. The van der Waals surface area contributed by atoms with Crippen LogP contribution in [-0.4, -0.2) is 49.2 Å². The van der Waals surface area contributed by atoms with Gasteiger partial charge in [-0.3, -0.25) is 9.97 Å². The summed E-state index contributed by atoms with van der Waals surface area (Å²) in [5.41, 5.74) is 8.61. The Morgan fingerprint density at radius 1 is 0.433 bits per heavy atom. The second-order valence-corrected chi connectivity index (χ2v) is 16.9. The van der Waals surface area contributed by atoms with Crippen LogP contribution >= 0.6 is 0 Å². The number of hydrogen-bond donors (Lipinski definition) is 0. The minimum Gasteiger partial charge on any atom is -0.465 e. The molecule has 4 fully saturated rings. The Balaban J connectivity index is 1.17. The van der Waals surface area contributed by atoms with Gasteiger partial charge in [0.15, 0.2) is 0 Å². The molecule has 4 saturated carbocycles. The van der Waals surface area contributed by atoms with Gasteiger partial charge >= 0.3 is 17.9 Å². The standard InChI is InChI=1S/C52H44N2O6/c1-58-46(55)37-11-19-41(20-12-37)50-29-49(40-17-9-35(10-18-40)7-8-36-25-27-54-45(28-36)44-6-4-5-26-53-44)30-51(32-50,42-21-13-38(14-22-42)47(56)59-2)34-52(31-49,33-50)43-23-15-39(16-24-43)48(57)60-3/h4-6,9-28H,29-34H2,1-3H3. The SMILES string of the molecule is COC(=O)c1ccc(C23CC4(c5ccc(C#Cc6ccnc(-c7ccccn7)c6)cc5)CC(c5ccc(C(=O)OC)cc5)(C2)CC(c2ccc(C(=O)OC)cc2)(C4)C3)cc1. The fourth-order valence-corrected chi connectivity index (χ4v) is 11.3. The zero-order valence-electron chi connectivity index (χ0n) is 33.9. The van der Waals surface area contributed by atoms with Crippen LogP contribution in [0.2, 0.25) is 0 Å². The van der Waals surface area contributed by atoms with Gasteiger partial charge in [-0.2, -0.15) is 0 Å². The molecule has 0 spiro atoms. The second kappa shape index (κ2) is 15.1. The fourth-order valence-electron chi connectivity index (χ4n) is 11.3. The van der Waals surface area contributed by atoms with Gasteiger partial charge in [0.1, 0.15) is 0 Å². The molecule has 2 aromatic heterocycles. The number of ether oxygens (including phenoxy) is 3. The predicted octanol–water partition coefficient (Wildman–Crippen LogP) is 9.34. The van der Waals surface area contributed by atoms with Crippen LogP contribution < -0.4 is 0 Å². The number of nitrogens with zero attached hydrogens (tertiary/aromatic N) is 2. The van der Waals surface area contributed by atoms with Crippen LogP contribution in [0, 0.1) is 11.8 Å². The molecule has 0 aliphatic heterocycles. The van der Waals surface area contributed by atoms with Crippen LogP contribution in [0.25, 0.3) is 11.4 Å². The van der Waals surface area contributed by atoms with E-state index < -0.39 is 0 Å². The van der Waals surface area contributed by atoms with Gasteiger partial charge in [0, 0.05) is 23.5 Å². The highest BCUT2D eigenvalue weighted by Crippen LogP contribution is 2.74. The Morgan fingerprint density at radius 2 is 0.800 bits per heavy atom. The zero-order chi connectivity index (χ0) is 41.5. The third-order valence-electron chi connectivity index (χ3n) is 13.4. The molecule has 0 amide bonds. The maximum Gasteiger partial charge on any atom is 0.337 e. The Hall–Kier alpha value is -6.85. The summed E-state index contributed by atoms with van der Waals surface area (Å²) in [6, 6.07) is 42.5. The van der Waals surface area contributed by atoms with Crippen molar-refractivity contribution >= 4 is 17.9 Å². The zero-order valence-corrected chi connectivity index (χ0v) is 33.9. The molecule has 2 heterocycles. The molecule has 4 aliphatic carbocycles. The Morgan fingerprint density at radius 3 is 1.17 bits per heavy atom. The first kappa shape index (κ1) is 38.7. The second-order valence-electron chi connectivity index (χ2n) is 16.9. The number of esters is 3. The van der Waals surface area contributed by atoms with Gasteiger partial charge in [-0.15, -0.1) is 0 Å². The lowest BCUT2D eigenvalue weighted by atomic mass is 9.32. The van der Waals surface area contributed by atoms with E-state index in [0.29, 0.717) is 16.7 Å². The van der Waals surface area contributed by atoms with Gasteiger partial charge in [0.05, 0.1) is 49.4 Å². The highest BCUT2D eigenvalue weighted by atomic mass is 16.5. The molecule has 298 valence electrons. The van der Waals surface area contributed by atoms with E-state index in [-0.39, 0.29) is 39.6 Å². The lowest BCUT2D eigenvalue weighted by molar-refractivity contribution is -0.0692. The van der Waals surface area contributed by atoms with Gasteiger partial charge < -0.3 is 14.2 Å². The molecular weight excluding hydrogens is 749 g/mol. The molecule has 8 heteroatoms. The van der Waals surface area contributed by atoms with E-state index in [1.165, 1.54) is 43.6 Å². The van der Waals surface area contributed by atoms with Crippen molar-refractivity contribution in [2.75, 3.05) is 21.3 Å². The Kier molecular flexibility index (Phi) is 9.71. The summed E-state index contributed by atoms with van der Waals surface area (Å²) in [4.78, 5) is 46.8. The molecule has 4 aromatic carbocycles. The van der Waals surface area contributed by atoms with Crippen molar-refractivity contribution < 1.29 is 28.6 Å². The van der Waals surface area contributed by atoms with Gasteiger partial charge in [0.2, 0.25) is 0 Å². The predicted molar refractivity (Wildman–Crippen MR) is 228 cm³/mol. The van der Waals surface area contributed by atoms with Crippen molar-refractivity contribution in [2.24, 2.45) is 0 Å². The topological polar surface area (TPSA) is 105 Å². The summed E-state index contributed by atoms with van der Waals surface area (Å²) in [6.45, 7) is 0. The quantitative estimate of drug-likeness (QED) is 0.0854. The van der Waals surface area contributed by atoms with Crippen LogP contribution in [0.4, 0.5) is 0 Å². The van der Waals surface area contributed by atoms with Gasteiger partial charge in [-0.25, -0.2) is 14.4 Å². The van der Waals surface area contributed by atoms with E-state index >= 15 is 0 Å². The van der Waals surface area contributed by atoms with Crippen LogP contribution in [0.1, 0.15) is 103 Å². The summed E-state index contributed by atoms with van der Waals surface area (Å²) in [7, 11) is 4.21. The van der Waals surface area contributed by atoms with E-state index in [0.717, 1.165) is 61.0 Å². The van der Waals surface area contributed by atoms with Crippen molar-refractivity contribution in [3.05, 3.63) is 190 Å². The fraction of sp³-hybridized carbons (Fsp3) is 0.250. The largest absolute Gasteiger partial charge is 0.465 e. The maximum atomic E-state index is 12.6. The monoisotopic (exact) mass is 792 g/mol. The lowest BCUT2D eigenvalue weighted by Gasteiger charge is -2.71. The number of carbonyl (C=O) groups excluding carboxylic acids is 3. The van der Waals surface area contributed by atoms with Crippen molar-refractivity contribution in [1.82, 2.24) is 9.97 Å². The molecule has 60 heavy (non-hydrogen) atoms. The molecule has 4 bridgehead atoms. The van der Waals surface area contributed by atoms with Crippen LogP contribution in [0.5, 0.6) is 0 Å². The molecular formula is C52H44N2O6. The number of hydrogen-bond acceptors (Lipinski definition) is 8. The van der Waals surface area contributed by atoms with Gasteiger partial charge in [-0.1, -0.05) is 66.4 Å². The van der Waals surface area contributed by atoms with E-state index in [1.54, 1.807) is 12.4 Å². The number of methoxy groups -OCH3 is 3. The minimum atomic E-state index is -0.367. The average Bonchev–Trinajstić information content (AvgIpc) is 3.30. The van der Waals surface area contributed by atoms with Gasteiger partial charge in [0.25, 0.3) is 0 Å². The summed E-state index contributed by atoms with van der Waals surface area (Å²) < 4.78 is 15.2. The van der Waals surface area contributed by atoms with Crippen LogP contribution in [-0.2, 0) is 35.9 Å². The molecule has 8 nitrogen and oxygen atoms in total. The summed E-state index contributed by atoms with van der Waals surface area (Å²) >= 11 is 0. The van der Waals surface area contributed by atoms with E-state index in [2.05, 4.69) is 82.5 Å². The molecule has 0 unspecified atom stereocenters. The van der Waals surface area contributed by atoms with Gasteiger partial charge in [-0.05, 0) is 155 Å². The summed E-state index contributed by atoms with van der Waals surface area (Å²) in [5, 5.41) is 0. The average molecular weight is 793 g/mol. The highest BCUT2D eigenvalue weighted by molar-refractivity contribution is 5.90. The minimum absolute atomic E-state index is 0.257. The number of aromatic nitrogens is 2. The van der Waals surface area contributed by atoms with E-state index in [1.807, 2.05) is 66.7 Å².